The molecule has 25 heavy (non-hydrogen) atoms. The van der Waals surface area contributed by atoms with Gasteiger partial charge in [0.25, 0.3) is 5.91 Å². The standard InChI is InChI=1S/C19H17FN4O/c1-24(13-14-7-3-2-4-8-14)18(25)17-11-12-21-19(23-17)22-16-10-6-5-9-15(16)20/h2-12H,13H2,1H3,(H,21,22,23). The molecule has 1 amide bonds. The average Bonchev–Trinajstić information content (AvgIpc) is 2.64. The van der Waals surface area contributed by atoms with E-state index in [0.717, 1.165) is 5.56 Å². The van der Waals surface area contributed by atoms with Crippen LogP contribution in [-0.4, -0.2) is 27.8 Å². The molecule has 0 spiro atoms. The molecule has 0 aliphatic carbocycles. The maximum absolute atomic E-state index is 13.7. The van der Waals surface area contributed by atoms with Crippen LogP contribution in [0.1, 0.15) is 16.1 Å². The Morgan fingerprint density at radius 3 is 2.56 bits per heavy atom. The lowest BCUT2D eigenvalue weighted by Gasteiger charge is -2.17. The van der Waals surface area contributed by atoms with Crippen LogP contribution in [0.5, 0.6) is 0 Å². The van der Waals surface area contributed by atoms with Crippen LogP contribution in [0.25, 0.3) is 0 Å². The first-order valence-electron chi connectivity index (χ1n) is 7.77. The summed E-state index contributed by atoms with van der Waals surface area (Å²) in [5.41, 5.74) is 1.52. The number of amides is 1. The average molecular weight is 336 g/mol. The summed E-state index contributed by atoms with van der Waals surface area (Å²) in [6, 6.07) is 17.4. The summed E-state index contributed by atoms with van der Waals surface area (Å²) in [7, 11) is 1.71. The fourth-order valence-electron chi connectivity index (χ4n) is 2.35. The van der Waals surface area contributed by atoms with Crippen LogP contribution >= 0.6 is 0 Å². The Balaban J connectivity index is 1.74. The molecule has 5 nitrogen and oxygen atoms in total. The van der Waals surface area contributed by atoms with Gasteiger partial charge in [-0.25, -0.2) is 14.4 Å². The fourth-order valence-corrected chi connectivity index (χ4v) is 2.35. The Kier molecular flexibility index (Phi) is 4.99. The lowest BCUT2D eigenvalue weighted by molar-refractivity contribution is 0.0779. The highest BCUT2D eigenvalue weighted by atomic mass is 19.1. The van der Waals surface area contributed by atoms with Gasteiger partial charge < -0.3 is 10.2 Å². The van der Waals surface area contributed by atoms with Crippen LogP contribution in [0.4, 0.5) is 16.0 Å². The van der Waals surface area contributed by atoms with Gasteiger partial charge in [-0.3, -0.25) is 4.79 Å². The summed E-state index contributed by atoms with van der Waals surface area (Å²) in [5, 5.41) is 2.79. The molecule has 1 aromatic heterocycles. The van der Waals surface area contributed by atoms with E-state index in [2.05, 4.69) is 15.3 Å². The summed E-state index contributed by atoms with van der Waals surface area (Å²) in [6.45, 7) is 0.472. The van der Waals surface area contributed by atoms with Crippen molar-refractivity contribution in [1.82, 2.24) is 14.9 Å². The molecule has 6 heteroatoms. The van der Waals surface area contributed by atoms with Gasteiger partial charge in [-0.2, -0.15) is 0 Å². The Morgan fingerprint density at radius 1 is 1.08 bits per heavy atom. The third-order valence-corrected chi connectivity index (χ3v) is 3.60. The zero-order valence-corrected chi connectivity index (χ0v) is 13.7. The molecule has 0 bridgehead atoms. The number of hydrogen-bond donors (Lipinski definition) is 1. The van der Waals surface area contributed by atoms with E-state index in [1.54, 1.807) is 30.1 Å². The van der Waals surface area contributed by atoms with E-state index >= 15 is 0 Å². The van der Waals surface area contributed by atoms with E-state index in [4.69, 9.17) is 0 Å². The first-order valence-corrected chi connectivity index (χ1v) is 7.77. The van der Waals surface area contributed by atoms with E-state index in [1.165, 1.54) is 18.3 Å². The number of anilines is 2. The van der Waals surface area contributed by atoms with E-state index in [1.807, 2.05) is 30.3 Å². The normalized spacial score (nSPS) is 10.3. The van der Waals surface area contributed by atoms with Crippen molar-refractivity contribution in [2.24, 2.45) is 0 Å². The van der Waals surface area contributed by atoms with Crippen LogP contribution < -0.4 is 5.32 Å². The number of rotatable bonds is 5. The first kappa shape index (κ1) is 16.6. The molecule has 2 aromatic carbocycles. The Bertz CT molecular complexity index is 870. The summed E-state index contributed by atoms with van der Waals surface area (Å²) >= 11 is 0. The monoisotopic (exact) mass is 336 g/mol. The molecule has 0 aliphatic heterocycles. The van der Waals surface area contributed by atoms with Gasteiger partial charge in [0.15, 0.2) is 0 Å². The second kappa shape index (κ2) is 7.53. The topological polar surface area (TPSA) is 58.1 Å². The minimum atomic E-state index is -0.413. The number of benzene rings is 2. The molecule has 0 saturated carbocycles. The van der Waals surface area contributed by atoms with Gasteiger partial charge in [-0.15, -0.1) is 0 Å². The van der Waals surface area contributed by atoms with E-state index < -0.39 is 5.82 Å². The number of aromatic nitrogens is 2. The number of carbonyl (C=O) groups is 1. The fraction of sp³-hybridized carbons (Fsp3) is 0.105. The summed E-state index contributed by atoms with van der Waals surface area (Å²) in [5.74, 6) is -0.476. The summed E-state index contributed by atoms with van der Waals surface area (Å²) in [4.78, 5) is 22.4. The van der Waals surface area contributed by atoms with Gasteiger partial charge in [0, 0.05) is 19.8 Å². The minimum absolute atomic E-state index is 0.170. The molecule has 0 atom stereocenters. The number of nitrogens with zero attached hydrogens (tertiary/aromatic N) is 3. The van der Waals surface area contributed by atoms with Gasteiger partial charge in [-0.1, -0.05) is 42.5 Å². The molecule has 0 fully saturated rings. The van der Waals surface area contributed by atoms with Crippen molar-refractivity contribution in [2.75, 3.05) is 12.4 Å². The molecule has 0 aliphatic rings. The smallest absolute Gasteiger partial charge is 0.272 e. The van der Waals surface area contributed by atoms with Crippen molar-refractivity contribution < 1.29 is 9.18 Å². The number of nitrogens with one attached hydrogen (secondary N) is 1. The number of para-hydroxylation sites is 1. The maximum Gasteiger partial charge on any atom is 0.272 e. The van der Waals surface area contributed by atoms with E-state index in [0.29, 0.717) is 6.54 Å². The molecule has 0 unspecified atom stereocenters. The Hall–Kier alpha value is -3.28. The highest BCUT2D eigenvalue weighted by Crippen LogP contribution is 2.17. The lowest BCUT2D eigenvalue weighted by Crippen LogP contribution is -2.27. The SMILES string of the molecule is CN(Cc1ccccc1)C(=O)c1ccnc(Nc2ccccc2F)n1. The van der Waals surface area contributed by atoms with Crippen LogP contribution in [0.3, 0.4) is 0 Å². The van der Waals surface area contributed by atoms with Gasteiger partial charge in [-0.05, 0) is 23.8 Å². The Morgan fingerprint density at radius 2 is 1.80 bits per heavy atom. The third-order valence-electron chi connectivity index (χ3n) is 3.60. The number of halogens is 1. The van der Waals surface area contributed by atoms with Gasteiger partial charge >= 0.3 is 0 Å². The van der Waals surface area contributed by atoms with Gasteiger partial charge in [0.2, 0.25) is 5.95 Å². The van der Waals surface area contributed by atoms with E-state index in [-0.39, 0.29) is 23.2 Å². The number of carbonyl (C=O) groups excluding carboxylic acids is 1. The van der Waals surface area contributed by atoms with Crippen molar-refractivity contribution in [1.29, 1.82) is 0 Å². The van der Waals surface area contributed by atoms with E-state index in [9.17, 15) is 9.18 Å². The largest absolute Gasteiger partial charge is 0.336 e. The maximum atomic E-state index is 13.7. The van der Waals surface area contributed by atoms with Crippen molar-refractivity contribution in [3.05, 3.63) is 83.9 Å². The van der Waals surface area contributed by atoms with Gasteiger partial charge in [0.05, 0.1) is 5.69 Å². The predicted molar refractivity (Wildman–Crippen MR) is 94.0 cm³/mol. The molecule has 1 heterocycles. The quantitative estimate of drug-likeness (QED) is 0.773. The zero-order valence-electron chi connectivity index (χ0n) is 13.7. The highest BCUT2D eigenvalue weighted by Gasteiger charge is 2.15. The molecule has 0 radical (unpaired) electrons. The predicted octanol–water partition coefficient (Wildman–Crippen LogP) is 3.63. The molecule has 1 N–H and O–H groups in total. The minimum Gasteiger partial charge on any atom is -0.336 e. The van der Waals surface area contributed by atoms with Crippen LogP contribution in [0.15, 0.2) is 66.9 Å². The molecule has 3 rings (SSSR count). The first-order chi connectivity index (χ1) is 12.1. The highest BCUT2D eigenvalue weighted by molar-refractivity contribution is 5.92. The Labute approximate surface area is 145 Å². The molecule has 3 aromatic rings. The molecule has 126 valence electrons. The van der Waals surface area contributed by atoms with Crippen LogP contribution in [0, 0.1) is 5.82 Å². The molecule has 0 saturated heterocycles. The second-order valence-corrected chi connectivity index (χ2v) is 5.52. The zero-order chi connectivity index (χ0) is 17.6. The van der Waals surface area contributed by atoms with Crippen molar-refractivity contribution in [3.8, 4) is 0 Å². The molecular weight excluding hydrogens is 319 g/mol. The van der Waals surface area contributed by atoms with Crippen molar-refractivity contribution in [3.63, 3.8) is 0 Å². The summed E-state index contributed by atoms with van der Waals surface area (Å²) in [6.07, 6.45) is 1.47. The van der Waals surface area contributed by atoms with Crippen molar-refractivity contribution in [2.45, 2.75) is 6.54 Å². The lowest BCUT2D eigenvalue weighted by atomic mass is 10.2. The molecular formula is C19H17FN4O. The van der Waals surface area contributed by atoms with Crippen LogP contribution in [-0.2, 0) is 6.54 Å². The van der Waals surface area contributed by atoms with Gasteiger partial charge in [0.1, 0.15) is 11.5 Å². The van der Waals surface area contributed by atoms with Crippen LogP contribution in [0.2, 0.25) is 0 Å². The number of hydrogen-bond acceptors (Lipinski definition) is 4. The summed E-state index contributed by atoms with van der Waals surface area (Å²) < 4.78 is 13.7. The third kappa shape index (κ3) is 4.17. The van der Waals surface area contributed by atoms with Crippen molar-refractivity contribution >= 4 is 17.5 Å². The second-order valence-electron chi connectivity index (χ2n) is 5.52.